The molecular formula is C15H15N5O2. The highest BCUT2D eigenvalue weighted by Crippen LogP contribution is 2.32. The summed E-state index contributed by atoms with van der Waals surface area (Å²) >= 11 is 0. The fraction of sp³-hybridized carbons (Fsp3) is 0.267. The van der Waals surface area contributed by atoms with Crippen molar-refractivity contribution in [1.82, 2.24) is 24.3 Å². The Labute approximate surface area is 127 Å². The van der Waals surface area contributed by atoms with Crippen LogP contribution < -0.4 is 9.47 Å². The van der Waals surface area contributed by atoms with Crippen LogP contribution in [0, 0.1) is 6.92 Å². The second-order valence-electron chi connectivity index (χ2n) is 5.16. The molecule has 0 amide bonds. The Morgan fingerprint density at radius 3 is 2.95 bits per heavy atom. The molecule has 3 aromatic rings. The van der Waals surface area contributed by atoms with Crippen LogP contribution in [0.3, 0.4) is 0 Å². The molecule has 0 radical (unpaired) electrons. The van der Waals surface area contributed by atoms with Gasteiger partial charge in [0.2, 0.25) is 6.79 Å². The summed E-state index contributed by atoms with van der Waals surface area (Å²) in [7, 11) is 0. The van der Waals surface area contributed by atoms with Crippen molar-refractivity contribution in [2.45, 2.75) is 20.0 Å². The molecule has 22 heavy (non-hydrogen) atoms. The summed E-state index contributed by atoms with van der Waals surface area (Å²) < 4.78 is 14.6. The lowest BCUT2D eigenvalue weighted by molar-refractivity contribution is 0.174. The van der Waals surface area contributed by atoms with Crippen molar-refractivity contribution in [3.8, 4) is 11.5 Å². The normalized spacial score (nSPS) is 12.8. The van der Waals surface area contributed by atoms with Gasteiger partial charge < -0.3 is 14.0 Å². The van der Waals surface area contributed by atoms with E-state index in [9.17, 15) is 0 Å². The minimum atomic E-state index is 0.285. The molecule has 4 rings (SSSR count). The maximum absolute atomic E-state index is 5.42. The Hall–Kier alpha value is -2.83. The second kappa shape index (κ2) is 5.18. The first-order valence-corrected chi connectivity index (χ1v) is 7.02. The average Bonchev–Trinajstić information content (AvgIpc) is 3.21. The first kappa shape index (κ1) is 12.9. The van der Waals surface area contributed by atoms with Crippen molar-refractivity contribution in [3.05, 3.63) is 54.1 Å². The molecule has 0 fully saturated rings. The largest absolute Gasteiger partial charge is 0.454 e. The number of imidazole rings is 1. The maximum atomic E-state index is 5.42. The molecule has 1 aliphatic rings. The summed E-state index contributed by atoms with van der Waals surface area (Å²) in [5, 5.41) is 4.48. The summed E-state index contributed by atoms with van der Waals surface area (Å²) in [5.74, 6) is 3.23. The summed E-state index contributed by atoms with van der Waals surface area (Å²) in [6.45, 7) is 3.47. The van der Waals surface area contributed by atoms with Gasteiger partial charge in [-0.3, -0.25) is 0 Å². The maximum Gasteiger partial charge on any atom is 0.231 e. The van der Waals surface area contributed by atoms with Crippen molar-refractivity contribution in [2.75, 3.05) is 6.79 Å². The molecule has 1 aliphatic heterocycles. The molecule has 0 aliphatic carbocycles. The SMILES string of the molecule is Cc1nc(Cn2ccnc2)n(Cc2ccc3c(c2)OCO3)n1. The Bertz CT molecular complexity index is 794. The number of nitrogens with zero attached hydrogens (tertiary/aromatic N) is 5. The Morgan fingerprint density at radius 2 is 2.09 bits per heavy atom. The zero-order chi connectivity index (χ0) is 14.9. The molecule has 2 aromatic heterocycles. The van der Waals surface area contributed by atoms with Gasteiger partial charge in [-0.05, 0) is 24.6 Å². The fourth-order valence-corrected chi connectivity index (χ4v) is 2.50. The minimum absolute atomic E-state index is 0.285. The van der Waals surface area contributed by atoms with E-state index in [1.54, 1.807) is 12.5 Å². The third kappa shape index (κ3) is 2.41. The highest BCUT2D eigenvalue weighted by Gasteiger charge is 2.15. The standard InChI is InChI=1S/C15H15N5O2/c1-11-17-15(8-19-5-4-16-9-19)20(18-11)7-12-2-3-13-14(6-12)22-10-21-13/h2-6,9H,7-8,10H2,1H3. The third-order valence-electron chi connectivity index (χ3n) is 3.51. The zero-order valence-electron chi connectivity index (χ0n) is 12.1. The quantitative estimate of drug-likeness (QED) is 0.732. The number of rotatable bonds is 4. The van der Waals surface area contributed by atoms with Crippen LogP contribution in [-0.2, 0) is 13.1 Å². The molecule has 7 heteroatoms. The van der Waals surface area contributed by atoms with E-state index >= 15 is 0 Å². The molecular weight excluding hydrogens is 282 g/mol. The summed E-state index contributed by atoms with van der Waals surface area (Å²) in [6, 6.07) is 5.93. The molecule has 0 atom stereocenters. The number of hydrogen-bond acceptors (Lipinski definition) is 5. The molecule has 3 heterocycles. The number of aromatic nitrogens is 5. The van der Waals surface area contributed by atoms with E-state index in [0.29, 0.717) is 13.1 Å². The van der Waals surface area contributed by atoms with Crippen LogP contribution in [0.2, 0.25) is 0 Å². The van der Waals surface area contributed by atoms with Crippen LogP contribution in [0.4, 0.5) is 0 Å². The van der Waals surface area contributed by atoms with E-state index in [4.69, 9.17) is 9.47 Å². The van der Waals surface area contributed by atoms with Gasteiger partial charge in [0.05, 0.1) is 19.4 Å². The zero-order valence-corrected chi connectivity index (χ0v) is 12.1. The minimum Gasteiger partial charge on any atom is -0.454 e. The second-order valence-corrected chi connectivity index (χ2v) is 5.16. The van der Waals surface area contributed by atoms with Crippen molar-refractivity contribution in [3.63, 3.8) is 0 Å². The van der Waals surface area contributed by atoms with Crippen molar-refractivity contribution in [2.24, 2.45) is 0 Å². The first-order chi connectivity index (χ1) is 10.8. The van der Waals surface area contributed by atoms with Gasteiger partial charge in [0, 0.05) is 12.4 Å². The number of hydrogen-bond donors (Lipinski definition) is 0. The third-order valence-corrected chi connectivity index (χ3v) is 3.51. The molecule has 0 spiro atoms. The fourth-order valence-electron chi connectivity index (χ4n) is 2.50. The highest BCUT2D eigenvalue weighted by atomic mass is 16.7. The number of benzene rings is 1. The topological polar surface area (TPSA) is 67.0 Å². The van der Waals surface area contributed by atoms with Gasteiger partial charge in [0.1, 0.15) is 11.6 Å². The molecule has 0 unspecified atom stereocenters. The van der Waals surface area contributed by atoms with Gasteiger partial charge in [0.25, 0.3) is 0 Å². The smallest absolute Gasteiger partial charge is 0.231 e. The molecule has 112 valence electrons. The van der Waals surface area contributed by atoms with Crippen molar-refractivity contribution < 1.29 is 9.47 Å². The van der Waals surface area contributed by atoms with Crippen LogP contribution in [0.1, 0.15) is 17.2 Å². The van der Waals surface area contributed by atoms with Crippen LogP contribution in [-0.4, -0.2) is 31.1 Å². The average molecular weight is 297 g/mol. The Morgan fingerprint density at radius 1 is 1.18 bits per heavy atom. The van der Waals surface area contributed by atoms with Gasteiger partial charge >= 0.3 is 0 Å². The van der Waals surface area contributed by atoms with Crippen LogP contribution in [0.15, 0.2) is 36.9 Å². The Balaban J connectivity index is 1.60. The van der Waals surface area contributed by atoms with Gasteiger partial charge in [-0.15, -0.1) is 0 Å². The lowest BCUT2D eigenvalue weighted by atomic mass is 10.2. The van der Waals surface area contributed by atoms with Gasteiger partial charge in [-0.2, -0.15) is 5.10 Å². The van der Waals surface area contributed by atoms with Crippen LogP contribution >= 0.6 is 0 Å². The number of ether oxygens (including phenoxy) is 2. The predicted octanol–water partition coefficient (Wildman–Crippen LogP) is 1.61. The van der Waals surface area contributed by atoms with Crippen molar-refractivity contribution >= 4 is 0 Å². The first-order valence-electron chi connectivity index (χ1n) is 7.02. The molecule has 0 bridgehead atoms. The summed E-state index contributed by atoms with van der Waals surface area (Å²) in [5.41, 5.74) is 1.10. The number of aryl methyl sites for hydroxylation is 1. The monoisotopic (exact) mass is 297 g/mol. The molecule has 0 saturated heterocycles. The van der Waals surface area contributed by atoms with Crippen LogP contribution in [0.25, 0.3) is 0 Å². The highest BCUT2D eigenvalue weighted by molar-refractivity contribution is 5.44. The van der Waals surface area contributed by atoms with Crippen molar-refractivity contribution in [1.29, 1.82) is 0 Å². The van der Waals surface area contributed by atoms with E-state index in [1.165, 1.54) is 0 Å². The predicted molar refractivity (Wildman–Crippen MR) is 77.8 cm³/mol. The summed E-state index contributed by atoms with van der Waals surface area (Å²) in [4.78, 5) is 8.55. The molecule has 0 saturated carbocycles. The Kier molecular flexibility index (Phi) is 3.03. The molecule has 1 aromatic carbocycles. The summed E-state index contributed by atoms with van der Waals surface area (Å²) in [6.07, 6.45) is 5.44. The number of fused-ring (bicyclic) bond motifs is 1. The molecule has 0 N–H and O–H groups in total. The van der Waals surface area contributed by atoms with Crippen LogP contribution in [0.5, 0.6) is 11.5 Å². The van der Waals surface area contributed by atoms with Gasteiger partial charge in [-0.25, -0.2) is 14.6 Å². The van der Waals surface area contributed by atoms with E-state index in [-0.39, 0.29) is 6.79 Å². The lowest BCUT2D eigenvalue weighted by Crippen LogP contribution is -2.10. The van der Waals surface area contributed by atoms with E-state index < -0.39 is 0 Å². The van der Waals surface area contributed by atoms with Gasteiger partial charge in [0.15, 0.2) is 11.5 Å². The van der Waals surface area contributed by atoms with E-state index in [2.05, 4.69) is 15.1 Å². The van der Waals surface area contributed by atoms with E-state index in [0.717, 1.165) is 28.7 Å². The van der Waals surface area contributed by atoms with E-state index in [1.807, 2.05) is 40.6 Å². The lowest BCUT2D eigenvalue weighted by Gasteiger charge is -2.07. The van der Waals surface area contributed by atoms with Gasteiger partial charge in [-0.1, -0.05) is 6.07 Å². The molecule has 7 nitrogen and oxygen atoms in total.